The number of esters is 4. The van der Waals surface area contributed by atoms with Gasteiger partial charge in [-0.15, -0.1) is 0 Å². The average Bonchev–Trinajstić information content (AvgIpc) is 1.55. The Labute approximate surface area is 623 Å². The highest BCUT2D eigenvalue weighted by Crippen LogP contribution is 2.72. The summed E-state index contributed by atoms with van der Waals surface area (Å²) in [5, 5.41) is 44.1. The molecule has 0 spiro atoms. The second-order valence-corrected chi connectivity index (χ2v) is 41.5. The molecule has 37 atom stereocenters. The molecule has 12 nitrogen and oxygen atoms in total. The summed E-state index contributed by atoms with van der Waals surface area (Å²) >= 11 is 0. The maximum Gasteiger partial charge on any atom is 0.309 e. The Hall–Kier alpha value is -3.32. The maximum absolute atomic E-state index is 13.0. The SMILES string of the molecule is CCC1(OC(=O)CC(C)(O)C2CC3CC2C2C4C=CC(C4)C32)CC2CCC1C2.CCC1(OC(=O)CC(C)(O)C2CC3CC2C2C4C=CC(C4)C32)CCCC1.CCC1(OC(=O)CC(O)C2CC3CC2C2C4C=CC(C4)C32)CC2CCC1C2.CCC1(OC(=O)CC(O)CC2CC3C=CC2C3)CC2CCC1C2. The quantitative estimate of drug-likeness (QED) is 0.0369. The van der Waals surface area contributed by atoms with E-state index in [0.29, 0.717) is 53.3 Å². The van der Waals surface area contributed by atoms with Gasteiger partial charge in [0.05, 0.1) is 49.1 Å². The molecule has 17 fully saturated rings. The number of carbonyl (C=O) groups is 4. The number of fused-ring (bicyclic) bond motifs is 35. The van der Waals surface area contributed by atoms with E-state index in [1.54, 1.807) is 0 Å². The van der Waals surface area contributed by atoms with E-state index in [2.05, 4.69) is 76.3 Å². The van der Waals surface area contributed by atoms with Crippen LogP contribution < -0.4 is 0 Å². The molecule has 0 aromatic rings. The number of carbonyl (C=O) groups excluding carboxylic acids is 4. The first kappa shape index (κ1) is 72.2. The van der Waals surface area contributed by atoms with Crippen molar-refractivity contribution in [2.24, 2.45) is 178 Å². The molecule has 574 valence electrons. The lowest BCUT2D eigenvalue weighted by Gasteiger charge is -2.43. The monoisotopic (exact) mass is 1430 g/mol. The summed E-state index contributed by atoms with van der Waals surface area (Å²) in [5.41, 5.74) is -2.74. The number of rotatable bonds is 21. The summed E-state index contributed by atoms with van der Waals surface area (Å²) in [6.07, 6.45) is 56.0. The summed E-state index contributed by atoms with van der Waals surface area (Å²) in [4.78, 5) is 50.8. The standard InChI is InChI=1S/C25H36O3.C24H34O3.C23H34O3.C20H30O3/c1-3-25(12-14-4-7-18(25)8-14)28-21(26)13-24(2,27)20-11-17-10-19(20)23-16-6-5-15(9-16)22(17)23;1-2-24(12-13-3-6-17(24)7-13)27-21(26)11-20(25)18-9-16-10-19(18)23-15-5-4-14(8-15)22(16)23;1-3-23(8-4-5-9-23)26-19(24)13-22(2,25)18-12-16-11-17(18)21-15-7-6-14(10-15)20(16)21;1-2-20(12-14-4-6-17(20)9-14)23-19(22)11-18(21)10-16-8-13-3-5-15(16)7-13/h5-6,14-20,22-23,27H,3-4,7-13H2,1-2H3;4-5,13-20,22-23,25H,2-3,6-12H2,1H3;6-7,14-18,20-21,25H,3-5,8-13H2,1-2H3;3,5,13-18,21H,2,4,6-12H2,1H3. The second kappa shape index (κ2) is 27.3. The Bertz CT molecular complexity index is 3360. The number of hydrogen-bond donors (Lipinski definition) is 4. The zero-order chi connectivity index (χ0) is 71.7. The predicted octanol–water partition coefficient (Wildman–Crippen LogP) is 17.4. The molecule has 0 aromatic heterocycles. The van der Waals surface area contributed by atoms with Gasteiger partial charge in [-0.25, -0.2) is 0 Å². The number of allylic oxidation sites excluding steroid dienone is 8. The molecule has 0 heterocycles. The third kappa shape index (κ3) is 12.4. The summed E-state index contributed by atoms with van der Waals surface area (Å²) in [7, 11) is 0. The van der Waals surface area contributed by atoms with Crippen LogP contribution in [-0.4, -0.2) is 90.1 Å². The highest BCUT2D eigenvalue weighted by Gasteiger charge is 2.67. The molecule has 0 amide bonds. The van der Waals surface area contributed by atoms with Gasteiger partial charge < -0.3 is 39.4 Å². The van der Waals surface area contributed by atoms with E-state index in [1.165, 1.54) is 109 Å². The fourth-order valence-corrected chi connectivity index (χ4v) is 32.6. The van der Waals surface area contributed by atoms with Gasteiger partial charge in [-0.2, -0.15) is 0 Å². The van der Waals surface area contributed by atoms with E-state index in [-0.39, 0.29) is 83.8 Å². The molecule has 0 saturated heterocycles. The number of hydrogen-bond acceptors (Lipinski definition) is 12. The second-order valence-electron chi connectivity index (χ2n) is 41.5. The minimum atomic E-state index is -0.917. The molecular weight excluding hydrogens is 1300 g/mol. The molecule has 21 aliphatic rings. The molecule has 0 radical (unpaired) electrons. The smallest absolute Gasteiger partial charge is 0.309 e. The lowest BCUT2D eigenvalue weighted by Crippen LogP contribution is -2.46. The minimum absolute atomic E-state index is 0.135. The van der Waals surface area contributed by atoms with Crippen LogP contribution in [-0.2, 0) is 38.1 Å². The van der Waals surface area contributed by atoms with Crippen LogP contribution in [0.15, 0.2) is 48.6 Å². The van der Waals surface area contributed by atoms with Crippen LogP contribution in [0.25, 0.3) is 0 Å². The third-order valence-corrected chi connectivity index (χ3v) is 36.7. The van der Waals surface area contributed by atoms with E-state index in [1.807, 2.05) is 13.8 Å². The van der Waals surface area contributed by atoms with Gasteiger partial charge in [0.15, 0.2) is 0 Å². The van der Waals surface area contributed by atoms with Gasteiger partial charge in [-0.3, -0.25) is 19.2 Å². The van der Waals surface area contributed by atoms with E-state index >= 15 is 0 Å². The zero-order valence-corrected chi connectivity index (χ0v) is 64.6. The predicted molar refractivity (Wildman–Crippen MR) is 399 cm³/mol. The van der Waals surface area contributed by atoms with Crippen molar-refractivity contribution < 1.29 is 58.6 Å². The minimum Gasteiger partial charge on any atom is -0.459 e. The lowest BCUT2D eigenvalue weighted by molar-refractivity contribution is -0.175. The molecule has 37 unspecified atom stereocenters. The van der Waals surface area contributed by atoms with Gasteiger partial charge in [-0.05, 0) is 397 Å². The van der Waals surface area contributed by atoms with Crippen LogP contribution >= 0.6 is 0 Å². The van der Waals surface area contributed by atoms with Crippen molar-refractivity contribution in [3.05, 3.63) is 48.6 Å². The molecule has 0 aliphatic heterocycles. The van der Waals surface area contributed by atoms with Crippen molar-refractivity contribution in [3.8, 4) is 0 Å². The van der Waals surface area contributed by atoms with Gasteiger partial charge in [0, 0.05) is 0 Å². The van der Waals surface area contributed by atoms with Crippen LogP contribution in [0.1, 0.15) is 273 Å². The normalized spacial score (nSPS) is 50.4. The van der Waals surface area contributed by atoms with Crippen LogP contribution in [0, 0.1) is 178 Å². The van der Waals surface area contributed by atoms with Gasteiger partial charge in [-0.1, -0.05) is 76.3 Å². The first-order valence-electron chi connectivity index (χ1n) is 44.4. The Morgan fingerprint density at radius 3 is 1.23 bits per heavy atom. The maximum atomic E-state index is 13.0. The van der Waals surface area contributed by atoms with Crippen LogP contribution in [0.5, 0.6) is 0 Å². The summed E-state index contributed by atoms with van der Waals surface area (Å²) in [6.45, 7) is 12.4. The third-order valence-electron chi connectivity index (χ3n) is 36.7. The van der Waals surface area contributed by atoms with E-state index in [0.717, 1.165) is 209 Å². The molecule has 17 saturated carbocycles. The molecule has 21 aliphatic carbocycles. The largest absolute Gasteiger partial charge is 0.459 e. The van der Waals surface area contributed by atoms with Crippen molar-refractivity contribution in [1.82, 2.24) is 0 Å². The van der Waals surface area contributed by atoms with Gasteiger partial charge in [0.1, 0.15) is 22.4 Å². The first-order chi connectivity index (χ1) is 50.0. The highest BCUT2D eigenvalue weighted by atomic mass is 16.6. The van der Waals surface area contributed by atoms with Crippen molar-refractivity contribution in [2.45, 2.75) is 319 Å². The average molecular weight is 1430 g/mol. The molecule has 0 aromatic carbocycles. The molecule has 20 bridgehead atoms. The van der Waals surface area contributed by atoms with Gasteiger partial charge in [0.2, 0.25) is 0 Å². The Morgan fingerprint density at radius 1 is 0.423 bits per heavy atom. The van der Waals surface area contributed by atoms with Crippen molar-refractivity contribution in [1.29, 1.82) is 0 Å². The number of aliphatic hydroxyl groups is 4. The summed E-state index contributed by atoms with van der Waals surface area (Å²) < 4.78 is 24.2. The van der Waals surface area contributed by atoms with E-state index < -0.39 is 23.4 Å². The summed E-state index contributed by atoms with van der Waals surface area (Å²) in [5.74, 6) is 20.0. The fourth-order valence-electron chi connectivity index (χ4n) is 32.6. The topological polar surface area (TPSA) is 186 Å². The first-order valence-corrected chi connectivity index (χ1v) is 44.4. The van der Waals surface area contributed by atoms with Crippen LogP contribution in [0.4, 0.5) is 0 Å². The molecule has 104 heavy (non-hydrogen) atoms. The van der Waals surface area contributed by atoms with Gasteiger partial charge >= 0.3 is 23.9 Å². The van der Waals surface area contributed by atoms with Gasteiger partial charge in [0.25, 0.3) is 0 Å². The molecule has 4 N–H and O–H groups in total. The number of ether oxygens (including phenoxy) is 4. The Balaban J connectivity index is 0.0000000991. The Kier molecular flexibility index (Phi) is 18.9. The highest BCUT2D eigenvalue weighted by molar-refractivity contribution is 5.72. The van der Waals surface area contributed by atoms with E-state index in [9.17, 15) is 39.6 Å². The van der Waals surface area contributed by atoms with Crippen molar-refractivity contribution in [3.63, 3.8) is 0 Å². The van der Waals surface area contributed by atoms with Crippen LogP contribution in [0.2, 0.25) is 0 Å². The molecule has 21 rings (SSSR count). The van der Waals surface area contributed by atoms with Crippen molar-refractivity contribution in [2.75, 3.05) is 0 Å². The van der Waals surface area contributed by atoms with Crippen molar-refractivity contribution >= 4 is 23.9 Å². The number of aliphatic hydroxyl groups excluding tert-OH is 2. The zero-order valence-electron chi connectivity index (χ0n) is 64.6. The Morgan fingerprint density at radius 2 is 0.827 bits per heavy atom. The fraction of sp³-hybridized carbons (Fsp3) is 0.870. The molecule has 12 heteroatoms. The summed E-state index contributed by atoms with van der Waals surface area (Å²) in [6, 6.07) is 0. The van der Waals surface area contributed by atoms with E-state index in [4.69, 9.17) is 18.9 Å². The van der Waals surface area contributed by atoms with Crippen LogP contribution in [0.3, 0.4) is 0 Å². The molecular formula is C92H134O12. The lowest BCUT2D eigenvalue weighted by atomic mass is 9.65.